The highest BCUT2D eigenvalue weighted by Crippen LogP contribution is 2.34. The Morgan fingerprint density at radius 1 is 1.07 bits per heavy atom. The van der Waals surface area contributed by atoms with Crippen LogP contribution in [-0.4, -0.2) is 19.7 Å². The van der Waals surface area contributed by atoms with Gasteiger partial charge >= 0.3 is 0 Å². The van der Waals surface area contributed by atoms with E-state index in [-0.39, 0.29) is 12.6 Å². The van der Waals surface area contributed by atoms with E-state index < -0.39 is 0 Å². The topological polar surface area (TPSA) is 44.8 Å². The number of thiophene rings is 1. The van der Waals surface area contributed by atoms with Crippen LogP contribution >= 0.6 is 11.3 Å². The predicted octanol–water partition coefficient (Wildman–Crippen LogP) is 5.36. The van der Waals surface area contributed by atoms with Gasteiger partial charge in [0.15, 0.2) is 17.3 Å². The zero-order valence-corrected chi connectivity index (χ0v) is 15.8. The van der Waals surface area contributed by atoms with Crippen molar-refractivity contribution < 1.29 is 19.0 Å². The third-order valence-corrected chi connectivity index (χ3v) is 5.38. The molecule has 4 rings (SSSR count). The molecule has 0 radical (unpaired) electrons. The molecule has 2 aromatic carbocycles. The fourth-order valence-corrected chi connectivity index (χ4v) is 3.78. The van der Waals surface area contributed by atoms with Crippen molar-refractivity contribution in [2.45, 2.75) is 6.92 Å². The fraction of sp³-hybridized carbons (Fsp3) is 0.136. The smallest absolute Gasteiger partial charge is 0.231 e. The lowest BCUT2D eigenvalue weighted by atomic mass is 10.1. The van der Waals surface area contributed by atoms with Gasteiger partial charge in [-0.1, -0.05) is 0 Å². The van der Waals surface area contributed by atoms with E-state index in [9.17, 15) is 4.79 Å². The van der Waals surface area contributed by atoms with Gasteiger partial charge in [-0.15, -0.1) is 11.3 Å². The lowest BCUT2D eigenvalue weighted by Gasteiger charge is -2.07. The molecular weight excluding hydrogens is 360 g/mol. The first-order valence-electron chi connectivity index (χ1n) is 8.51. The Bertz CT molecular complexity index is 1030. The average Bonchev–Trinajstić information content (AvgIpc) is 3.34. The number of fused-ring (bicyclic) bond motifs is 1. The summed E-state index contributed by atoms with van der Waals surface area (Å²) in [5.74, 6) is 1.88. The number of allylic oxidation sites excluding steroid dienone is 1. The van der Waals surface area contributed by atoms with Gasteiger partial charge in [0.25, 0.3) is 0 Å². The summed E-state index contributed by atoms with van der Waals surface area (Å²) in [5.41, 5.74) is 2.51. The Balaban J connectivity index is 1.61. The Hall–Kier alpha value is -3.05. The number of hydrogen-bond acceptors (Lipinski definition) is 5. The number of hydrogen-bond donors (Lipinski definition) is 0. The minimum atomic E-state index is -0.104. The molecule has 136 valence electrons. The second-order valence-electron chi connectivity index (χ2n) is 6.13. The highest BCUT2D eigenvalue weighted by molar-refractivity contribution is 7.15. The Labute approximate surface area is 161 Å². The summed E-state index contributed by atoms with van der Waals surface area (Å²) in [5, 5.41) is 0. The quantitative estimate of drug-likeness (QED) is 0.443. The van der Waals surface area contributed by atoms with Crippen molar-refractivity contribution in [2.75, 3.05) is 13.9 Å². The molecule has 1 aliphatic rings. The minimum absolute atomic E-state index is 0.104. The van der Waals surface area contributed by atoms with Crippen molar-refractivity contribution in [3.05, 3.63) is 70.6 Å². The van der Waals surface area contributed by atoms with Gasteiger partial charge in [-0.3, -0.25) is 4.79 Å². The summed E-state index contributed by atoms with van der Waals surface area (Å²) in [6, 6.07) is 15.4. The van der Waals surface area contributed by atoms with Gasteiger partial charge in [-0.2, -0.15) is 0 Å². The number of ketones is 1. The van der Waals surface area contributed by atoms with E-state index in [1.165, 1.54) is 9.75 Å². The Morgan fingerprint density at radius 3 is 2.70 bits per heavy atom. The van der Waals surface area contributed by atoms with Gasteiger partial charge < -0.3 is 14.2 Å². The minimum Gasteiger partial charge on any atom is -0.496 e. The fourth-order valence-electron chi connectivity index (χ4n) is 2.92. The van der Waals surface area contributed by atoms with Gasteiger partial charge in [0.1, 0.15) is 5.75 Å². The molecule has 0 unspecified atom stereocenters. The van der Waals surface area contributed by atoms with Gasteiger partial charge in [0, 0.05) is 20.9 Å². The van der Waals surface area contributed by atoms with E-state index in [2.05, 4.69) is 19.1 Å². The molecule has 0 spiro atoms. The Kier molecular flexibility index (Phi) is 4.69. The third kappa shape index (κ3) is 3.59. The summed E-state index contributed by atoms with van der Waals surface area (Å²) in [6.45, 7) is 2.28. The summed E-state index contributed by atoms with van der Waals surface area (Å²) in [7, 11) is 1.63. The number of methoxy groups -OCH3 is 1. The molecule has 0 saturated carbocycles. The van der Waals surface area contributed by atoms with Crippen molar-refractivity contribution in [3.8, 4) is 27.7 Å². The van der Waals surface area contributed by atoms with Crippen molar-refractivity contribution in [2.24, 2.45) is 0 Å². The van der Waals surface area contributed by atoms with E-state index in [4.69, 9.17) is 14.2 Å². The molecule has 0 fully saturated rings. The van der Waals surface area contributed by atoms with Crippen LogP contribution in [0.2, 0.25) is 0 Å². The van der Waals surface area contributed by atoms with Crippen LogP contribution in [0, 0.1) is 6.92 Å². The molecule has 4 nitrogen and oxygen atoms in total. The molecular formula is C22H18O4S. The lowest BCUT2D eigenvalue weighted by molar-refractivity contribution is 0.104. The summed E-state index contributed by atoms with van der Waals surface area (Å²) in [6.07, 6.45) is 3.34. The van der Waals surface area contributed by atoms with Crippen molar-refractivity contribution >= 4 is 23.2 Å². The standard InChI is InChI=1S/C22H18O4S/c1-14-3-10-22(27-14)17-6-8-19(24-2)16(11-17)4-7-18(23)15-5-9-20-21(12-15)26-13-25-20/h3-12H,13H2,1-2H3/b7-4+. The third-order valence-electron chi connectivity index (χ3n) is 4.33. The van der Waals surface area contributed by atoms with E-state index in [0.717, 1.165) is 16.9 Å². The number of rotatable bonds is 5. The van der Waals surface area contributed by atoms with E-state index in [0.29, 0.717) is 17.1 Å². The first-order valence-corrected chi connectivity index (χ1v) is 9.32. The molecule has 0 bridgehead atoms. The van der Waals surface area contributed by atoms with Crippen molar-refractivity contribution in [3.63, 3.8) is 0 Å². The van der Waals surface area contributed by atoms with Crippen LogP contribution in [0.1, 0.15) is 20.8 Å². The molecule has 3 aromatic rings. The number of carbonyl (C=O) groups is 1. The maximum absolute atomic E-state index is 12.6. The van der Waals surface area contributed by atoms with Crippen molar-refractivity contribution in [1.82, 2.24) is 0 Å². The zero-order chi connectivity index (χ0) is 18.8. The summed E-state index contributed by atoms with van der Waals surface area (Å²) in [4.78, 5) is 15.0. The molecule has 0 atom stereocenters. The molecule has 1 aromatic heterocycles. The van der Waals surface area contributed by atoms with Crippen LogP contribution in [0.5, 0.6) is 17.2 Å². The van der Waals surface area contributed by atoms with Gasteiger partial charge in [0.2, 0.25) is 6.79 Å². The SMILES string of the molecule is COc1ccc(-c2ccc(C)s2)cc1/C=C/C(=O)c1ccc2c(c1)OCO2. The molecule has 1 aliphatic heterocycles. The van der Waals surface area contributed by atoms with E-state index >= 15 is 0 Å². The number of aryl methyl sites for hydroxylation is 1. The second kappa shape index (κ2) is 7.29. The normalized spacial score (nSPS) is 12.5. The lowest BCUT2D eigenvalue weighted by Crippen LogP contribution is -1.95. The molecule has 0 N–H and O–H groups in total. The number of carbonyl (C=O) groups excluding carboxylic acids is 1. The molecule has 0 saturated heterocycles. The molecule has 0 amide bonds. The van der Waals surface area contributed by atoms with E-state index in [1.807, 2.05) is 18.2 Å². The highest BCUT2D eigenvalue weighted by Gasteiger charge is 2.15. The van der Waals surface area contributed by atoms with Crippen LogP contribution in [-0.2, 0) is 0 Å². The van der Waals surface area contributed by atoms with Gasteiger partial charge in [0.05, 0.1) is 7.11 Å². The van der Waals surface area contributed by atoms with Crippen LogP contribution < -0.4 is 14.2 Å². The largest absolute Gasteiger partial charge is 0.496 e. The maximum atomic E-state index is 12.6. The first kappa shape index (κ1) is 17.4. The van der Waals surface area contributed by atoms with Crippen LogP contribution in [0.25, 0.3) is 16.5 Å². The molecule has 5 heteroatoms. The maximum Gasteiger partial charge on any atom is 0.231 e. The number of ether oxygens (including phenoxy) is 3. The van der Waals surface area contributed by atoms with Crippen LogP contribution in [0.15, 0.2) is 54.6 Å². The first-order chi connectivity index (χ1) is 13.1. The van der Waals surface area contributed by atoms with Crippen LogP contribution in [0.3, 0.4) is 0 Å². The van der Waals surface area contributed by atoms with Gasteiger partial charge in [-0.05, 0) is 73.2 Å². The zero-order valence-electron chi connectivity index (χ0n) is 15.0. The summed E-state index contributed by atoms with van der Waals surface area (Å²) < 4.78 is 16.1. The predicted molar refractivity (Wildman–Crippen MR) is 107 cm³/mol. The van der Waals surface area contributed by atoms with Crippen LogP contribution in [0.4, 0.5) is 0 Å². The Morgan fingerprint density at radius 2 is 1.93 bits per heavy atom. The van der Waals surface area contributed by atoms with E-state index in [1.54, 1.807) is 48.8 Å². The van der Waals surface area contributed by atoms with Gasteiger partial charge in [-0.25, -0.2) is 0 Å². The molecule has 27 heavy (non-hydrogen) atoms. The second-order valence-corrected chi connectivity index (χ2v) is 7.42. The summed E-state index contributed by atoms with van der Waals surface area (Å²) >= 11 is 1.74. The molecule has 2 heterocycles. The van der Waals surface area contributed by atoms with Crippen molar-refractivity contribution in [1.29, 1.82) is 0 Å². The number of benzene rings is 2. The monoisotopic (exact) mass is 378 g/mol. The molecule has 0 aliphatic carbocycles. The highest BCUT2D eigenvalue weighted by atomic mass is 32.1. The average molecular weight is 378 g/mol.